The van der Waals surface area contributed by atoms with Gasteiger partial charge >= 0.3 is 6.16 Å². The number of aliphatic hydroxyl groups excluding tert-OH is 1. The standard InChI is InChI=1S/C33H42N2O8/c1-33(2,3)42-32(37)43-35-20-28(36)31(30(21-35)41-22-24-9-7-16-34-19-24)25-12-14-27(15-13-25)40-18-8-17-39-23-26-10-5-6-11-29(26)38-4/h5-7,9-16,19,28,30-31,36H,8,17-18,20-23H2,1-4H3. The first-order valence-corrected chi connectivity index (χ1v) is 14.5. The second-order valence-corrected chi connectivity index (χ2v) is 11.3. The van der Waals surface area contributed by atoms with E-state index in [2.05, 4.69) is 4.98 Å². The highest BCUT2D eigenvalue weighted by atomic mass is 16.8. The first-order valence-electron chi connectivity index (χ1n) is 14.5. The van der Waals surface area contributed by atoms with Crippen LogP contribution in [0.25, 0.3) is 0 Å². The molecule has 232 valence electrons. The van der Waals surface area contributed by atoms with E-state index in [-0.39, 0.29) is 19.0 Å². The highest BCUT2D eigenvalue weighted by Gasteiger charge is 2.40. The summed E-state index contributed by atoms with van der Waals surface area (Å²) in [7, 11) is 1.65. The van der Waals surface area contributed by atoms with Crippen LogP contribution >= 0.6 is 0 Å². The minimum atomic E-state index is -0.859. The van der Waals surface area contributed by atoms with Gasteiger partial charge in [0.15, 0.2) is 0 Å². The monoisotopic (exact) mass is 594 g/mol. The minimum absolute atomic E-state index is 0.115. The van der Waals surface area contributed by atoms with Gasteiger partial charge in [-0.2, -0.15) is 0 Å². The summed E-state index contributed by atoms with van der Waals surface area (Å²) in [5.74, 6) is 1.18. The molecule has 1 saturated heterocycles. The summed E-state index contributed by atoms with van der Waals surface area (Å²) < 4.78 is 28.6. The summed E-state index contributed by atoms with van der Waals surface area (Å²) >= 11 is 0. The van der Waals surface area contributed by atoms with E-state index >= 15 is 0 Å². The lowest BCUT2D eigenvalue weighted by Crippen LogP contribution is -2.52. The second kappa shape index (κ2) is 15.7. The number of methoxy groups -OCH3 is 1. The molecular weight excluding hydrogens is 552 g/mol. The molecule has 0 aliphatic carbocycles. The second-order valence-electron chi connectivity index (χ2n) is 11.3. The van der Waals surface area contributed by atoms with Crippen molar-refractivity contribution in [2.24, 2.45) is 0 Å². The molecule has 4 rings (SSSR count). The van der Waals surface area contributed by atoms with Crippen LogP contribution in [-0.4, -0.2) is 72.5 Å². The van der Waals surface area contributed by atoms with Crippen molar-refractivity contribution >= 4 is 6.16 Å². The van der Waals surface area contributed by atoms with Gasteiger partial charge < -0.3 is 33.6 Å². The van der Waals surface area contributed by atoms with Crippen LogP contribution in [0.1, 0.15) is 49.8 Å². The summed E-state index contributed by atoms with van der Waals surface area (Å²) in [5, 5.41) is 12.6. The first-order chi connectivity index (χ1) is 20.7. The number of para-hydroxylation sites is 1. The Hall–Kier alpha value is -3.70. The summed E-state index contributed by atoms with van der Waals surface area (Å²) in [5.41, 5.74) is 2.11. The SMILES string of the molecule is COc1ccccc1COCCCOc1ccc(C2C(O)CN(OC(=O)OC(C)(C)C)CC2OCc2cccnc2)cc1. The fraction of sp³-hybridized carbons (Fsp3) is 0.455. The van der Waals surface area contributed by atoms with Gasteiger partial charge in [0, 0.05) is 30.3 Å². The van der Waals surface area contributed by atoms with Crippen molar-refractivity contribution in [2.75, 3.05) is 33.4 Å². The molecule has 43 heavy (non-hydrogen) atoms. The van der Waals surface area contributed by atoms with Gasteiger partial charge in [0.1, 0.15) is 17.1 Å². The molecule has 10 heteroatoms. The Morgan fingerprint density at radius 3 is 2.51 bits per heavy atom. The van der Waals surface area contributed by atoms with Crippen LogP contribution in [0.4, 0.5) is 4.79 Å². The number of aliphatic hydroxyl groups is 1. The molecule has 10 nitrogen and oxygen atoms in total. The van der Waals surface area contributed by atoms with E-state index in [4.69, 9.17) is 28.5 Å². The predicted octanol–water partition coefficient (Wildman–Crippen LogP) is 5.29. The number of ether oxygens (including phenoxy) is 5. The highest BCUT2D eigenvalue weighted by molar-refractivity contribution is 5.60. The minimum Gasteiger partial charge on any atom is -0.496 e. The summed E-state index contributed by atoms with van der Waals surface area (Å²) in [6.07, 6.45) is 2.01. The molecule has 0 radical (unpaired) electrons. The van der Waals surface area contributed by atoms with Crippen molar-refractivity contribution in [3.8, 4) is 11.5 Å². The maximum atomic E-state index is 12.3. The van der Waals surface area contributed by atoms with E-state index in [1.165, 1.54) is 5.06 Å². The number of β-amino-alcohol motifs (C(OH)–C–C–N with tert-alkyl or cyclic N) is 1. The third-order valence-electron chi connectivity index (χ3n) is 6.79. The molecule has 1 aromatic heterocycles. The number of nitrogens with zero attached hydrogens (tertiary/aromatic N) is 2. The number of carbonyl (C=O) groups excluding carboxylic acids is 1. The zero-order valence-corrected chi connectivity index (χ0v) is 25.3. The zero-order valence-electron chi connectivity index (χ0n) is 25.3. The maximum Gasteiger partial charge on any atom is 0.528 e. The molecule has 2 aromatic carbocycles. The molecule has 3 aromatic rings. The van der Waals surface area contributed by atoms with Crippen LogP contribution in [0.5, 0.6) is 11.5 Å². The van der Waals surface area contributed by atoms with Crippen molar-refractivity contribution in [3.63, 3.8) is 0 Å². The van der Waals surface area contributed by atoms with Gasteiger partial charge in [0.05, 0.1) is 58.8 Å². The van der Waals surface area contributed by atoms with E-state index in [0.29, 0.717) is 26.4 Å². The maximum absolute atomic E-state index is 12.3. The summed E-state index contributed by atoms with van der Waals surface area (Å²) in [6, 6.07) is 19.2. The topological polar surface area (TPSA) is 109 Å². The van der Waals surface area contributed by atoms with Gasteiger partial charge in [0.2, 0.25) is 0 Å². The van der Waals surface area contributed by atoms with E-state index in [9.17, 15) is 9.90 Å². The number of aromatic nitrogens is 1. The number of benzene rings is 2. The van der Waals surface area contributed by atoms with Gasteiger partial charge in [-0.05, 0) is 56.2 Å². The number of hydrogen-bond acceptors (Lipinski definition) is 10. The van der Waals surface area contributed by atoms with Crippen molar-refractivity contribution in [3.05, 3.63) is 89.7 Å². The molecule has 2 heterocycles. The van der Waals surface area contributed by atoms with E-state index < -0.39 is 24.0 Å². The Labute approximate surface area is 253 Å². The average Bonchev–Trinajstić information content (AvgIpc) is 2.98. The zero-order chi connectivity index (χ0) is 30.7. The van der Waals surface area contributed by atoms with Crippen LogP contribution in [0.2, 0.25) is 0 Å². The third-order valence-corrected chi connectivity index (χ3v) is 6.79. The predicted molar refractivity (Wildman–Crippen MR) is 160 cm³/mol. The Morgan fingerprint density at radius 1 is 1.00 bits per heavy atom. The molecule has 0 spiro atoms. The Balaban J connectivity index is 1.32. The largest absolute Gasteiger partial charge is 0.528 e. The van der Waals surface area contributed by atoms with Gasteiger partial charge in [0.25, 0.3) is 0 Å². The highest BCUT2D eigenvalue weighted by Crippen LogP contribution is 2.33. The van der Waals surface area contributed by atoms with Crippen LogP contribution in [0.3, 0.4) is 0 Å². The van der Waals surface area contributed by atoms with Crippen LogP contribution in [-0.2, 0) is 32.3 Å². The number of pyridine rings is 1. The number of hydrogen-bond donors (Lipinski definition) is 1. The van der Waals surface area contributed by atoms with E-state index in [1.807, 2.05) is 60.7 Å². The van der Waals surface area contributed by atoms with E-state index in [0.717, 1.165) is 34.6 Å². The van der Waals surface area contributed by atoms with Gasteiger partial charge in [-0.25, -0.2) is 4.79 Å². The Morgan fingerprint density at radius 2 is 1.79 bits per heavy atom. The van der Waals surface area contributed by atoms with Crippen LogP contribution in [0.15, 0.2) is 73.1 Å². The van der Waals surface area contributed by atoms with Crippen molar-refractivity contribution in [1.29, 1.82) is 0 Å². The van der Waals surface area contributed by atoms with Gasteiger partial charge in [-0.15, -0.1) is 5.06 Å². The number of hydroxylamine groups is 2. The summed E-state index contributed by atoms with van der Waals surface area (Å²) in [4.78, 5) is 21.9. The fourth-order valence-corrected chi connectivity index (χ4v) is 4.83. The lowest BCUT2D eigenvalue weighted by molar-refractivity contribution is -0.201. The molecule has 1 N–H and O–H groups in total. The quantitative estimate of drug-likeness (QED) is 0.207. The lowest BCUT2D eigenvalue weighted by Gasteiger charge is -2.40. The molecule has 3 unspecified atom stereocenters. The molecule has 0 saturated carbocycles. The number of rotatable bonds is 13. The molecular formula is C33H42N2O8. The van der Waals surface area contributed by atoms with Crippen molar-refractivity contribution < 1.29 is 38.4 Å². The Bertz CT molecular complexity index is 1270. The molecule has 1 fully saturated rings. The van der Waals surface area contributed by atoms with E-state index in [1.54, 1.807) is 40.3 Å². The lowest BCUT2D eigenvalue weighted by atomic mass is 9.85. The molecule has 1 aliphatic rings. The molecule has 3 atom stereocenters. The third kappa shape index (κ3) is 10.2. The molecule has 0 bridgehead atoms. The van der Waals surface area contributed by atoms with Crippen molar-refractivity contribution in [1.82, 2.24) is 10.0 Å². The summed E-state index contributed by atoms with van der Waals surface area (Å²) in [6.45, 7) is 7.50. The normalized spacial score (nSPS) is 19.0. The number of carbonyl (C=O) groups is 1. The fourth-order valence-electron chi connectivity index (χ4n) is 4.83. The molecule has 0 amide bonds. The van der Waals surface area contributed by atoms with Crippen molar-refractivity contribution in [2.45, 2.75) is 64.1 Å². The van der Waals surface area contributed by atoms with Crippen LogP contribution in [0, 0.1) is 0 Å². The Kier molecular flexibility index (Phi) is 11.7. The van der Waals surface area contributed by atoms with Gasteiger partial charge in [-0.3, -0.25) is 4.98 Å². The number of piperidine rings is 1. The average molecular weight is 595 g/mol. The first kappa shape index (κ1) is 32.2. The smallest absolute Gasteiger partial charge is 0.496 e. The van der Waals surface area contributed by atoms with Gasteiger partial charge in [-0.1, -0.05) is 36.4 Å². The molecule has 1 aliphatic heterocycles. The van der Waals surface area contributed by atoms with Crippen LogP contribution < -0.4 is 9.47 Å².